The molecule has 1 heteroatoms. The molecule has 0 heterocycles. The highest BCUT2D eigenvalue weighted by molar-refractivity contribution is 4.60. The first-order chi connectivity index (χ1) is 6.70. The van der Waals surface area contributed by atoms with Gasteiger partial charge in [-0.1, -0.05) is 59.3 Å². The number of hydrogen-bond donors (Lipinski definition) is 1. The van der Waals surface area contributed by atoms with E-state index in [-0.39, 0.29) is 0 Å². The van der Waals surface area contributed by atoms with Crippen LogP contribution in [0.15, 0.2) is 0 Å². The van der Waals surface area contributed by atoms with Gasteiger partial charge >= 0.3 is 0 Å². The molecule has 0 aromatic carbocycles. The van der Waals surface area contributed by atoms with Gasteiger partial charge in [-0.3, -0.25) is 0 Å². The van der Waals surface area contributed by atoms with Crippen LogP contribution in [0.25, 0.3) is 0 Å². The molecule has 0 saturated heterocycles. The van der Waals surface area contributed by atoms with Crippen LogP contribution < -0.4 is 5.73 Å². The fourth-order valence-electron chi connectivity index (χ4n) is 1.82. The Balaban J connectivity index is 3.21. The van der Waals surface area contributed by atoms with Gasteiger partial charge < -0.3 is 5.73 Å². The molecule has 2 atom stereocenters. The molecule has 0 amide bonds. The monoisotopic (exact) mass is 199 g/mol. The van der Waals surface area contributed by atoms with Crippen LogP contribution >= 0.6 is 0 Å². The zero-order valence-electron chi connectivity index (χ0n) is 10.4. The van der Waals surface area contributed by atoms with Crippen molar-refractivity contribution in [2.45, 2.75) is 78.2 Å². The van der Waals surface area contributed by atoms with E-state index in [1.54, 1.807) is 0 Å². The van der Waals surface area contributed by atoms with Crippen molar-refractivity contribution in [2.75, 3.05) is 0 Å². The smallest absolute Gasteiger partial charge is 0.00362 e. The summed E-state index contributed by atoms with van der Waals surface area (Å²) >= 11 is 0. The third kappa shape index (κ3) is 8.55. The molecule has 0 rings (SSSR count). The number of rotatable bonds is 9. The summed E-state index contributed by atoms with van der Waals surface area (Å²) in [7, 11) is 0. The third-order valence-corrected chi connectivity index (χ3v) is 3.10. The molecule has 14 heavy (non-hydrogen) atoms. The maximum absolute atomic E-state index is 5.88. The molecular weight excluding hydrogens is 170 g/mol. The van der Waals surface area contributed by atoms with Gasteiger partial charge in [0.2, 0.25) is 0 Å². The summed E-state index contributed by atoms with van der Waals surface area (Å²) in [5, 5.41) is 0. The Labute approximate surface area is 90.5 Å². The van der Waals surface area contributed by atoms with Crippen LogP contribution in [-0.2, 0) is 0 Å². The largest absolute Gasteiger partial charge is 0.328 e. The van der Waals surface area contributed by atoms with E-state index in [0.29, 0.717) is 6.04 Å². The number of nitrogens with two attached hydrogens (primary N) is 1. The molecule has 0 aromatic heterocycles. The molecule has 2 unspecified atom stereocenters. The van der Waals surface area contributed by atoms with E-state index >= 15 is 0 Å². The van der Waals surface area contributed by atoms with Crippen LogP contribution in [0, 0.1) is 5.92 Å². The van der Waals surface area contributed by atoms with E-state index in [0.717, 1.165) is 12.3 Å². The van der Waals surface area contributed by atoms with Gasteiger partial charge in [0.15, 0.2) is 0 Å². The van der Waals surface area contributed by atoms with E-state index in [9.17, 15) is 0 Å². The quantitative estimate of drug-likeness (QED) is 0.556. The summed E-state index contributed by atoms with van der Waals surface area (Å²) in [6.07, 6.45) is 10.6. The predicted octanol–water partition coefficient (Wildman–Crippen LogP) is 4.11. The summed E-state index contributed by atoms with van der Waals surface area (Å²) in [5.41, 5.74) is 5.88. The Morgan fingerprint density at radius 2 is 1.57 bits per heavy atom. The second-order valence-electron chi connectivity index (χ2n) is 4.70. The van der Waals surface area contributed by atoms with E-state index < -0.39 is 0 Å². The van der Waals surface area contributed by atoms with Crippen molar-refractivity contribution in [2.24, 2.45) is 11.7 Å². The fraction of sp³-hybridized carbons (Fsp3) is 1.00. The van der Waals surface area contributed by atoms with Crippen molar-refractivity contribution in [1.29, 1.82) is 0 Å². The summed E-state index contributed by atoms with van der Waals surface area (Å²) < 4.78 is 0. The molecule has 0 fully saturated rings. The highest BCUT2D eigenvalue weighted by Gasteiger charge is 2.03. The van der Waals surface area contributed by atoms with Crippen molar-refractivity contribution in [3.05, 3.63) is 0 Å². The number of unbranched alkanes of at least 4 members (excludes halogenated alkanes) is 2. The Kier molecular flexibility index (Phi) is 9.49. The van der Waals surface area contributed by atoms with Gasteiger partial charge in [-0.05, 0) is 18.8 Å². The first-order valence-electron chi connectivity index (χ1n) is 6.46. The van der Waals surface area contributed by atoms with E-state index in [1.807, 2.05) is 0 Å². The maximum Gasteiger partial charge on any atom is 0.00362 e. The Hall–Kier alpha value is -0.0400. The first-order valence-corrected chi connectivity index (χ1v) is 6.46. The summed E-state index contributed by atoms with van der Waals surface area (Å²) in [6.45, 7) is 6.83. The standard InChI is InChI=1S/C13H29N/c1-4-6-7-9-12(3)10-8-11-13(14)5-2/h12-13H,4-11,14H2,1-3H3. The fourth-order valence-corrected chi connectivity index (χ4v) is 1.82. The molecule has 0 radical (unpaired) electrons. The molecule has 1 nitrogen and oxygen atoms in total. The van der Waals surface area contributed by atoms with Gasteiger partial charge in [-0.2, -0.15) is 0 Å². The van der Waals surface area contributed by atoms with E-state index in [4.69, 9.17) is 5.73 Å². The molecule has 2 N–H and O–H groups in total. The lowest BCUT2D eigenvalue weighted by atomic mass is 9.96. The average Bonchev–Trinajstić information content (AvgIpc) is 2.18. The summed E-state index contributed by atoms with van der Waals surface area (Å²) in [5.74, 6) is 0.908. The zero-order chi connectivity index (χ0) is 10.8. The highest BCUT2D eigenvalue weighted by atomic mass is 14.6. The summed E-state index contributed by atoms with van der Waals surface area (Å²) in [6, 6.07) is 0.442. The van der Waals surface area contributed by atoms with Crippen molar-refractivity contribution < 1.29 is 0 Å². The normalized spacial score (nSPS) is 15.4. The molecule has 0 aliphatic carbocycles. The van der Waals surface area contributed by atoms with Crippen molar-refractivity contribution in [3.8, 4) is 0 Å². The lowest BCUT2D eigenvalue weighted by Gasteiger charge is -2.12. The zero-order valence-corrected chi connectivity index (χ0v) is 10.4. The first kappa shape index (κ1) is 14.0. The van der Waals surface area contributed by atoms with E-state index in [2.05, 4.69) is 20.8 Å². The van der Waals surface area contributed by atoms with Crippen molar-refractivity contribution >= 4 is 0 Å². The minimum atomic E-state index is 0.442. The van der Waals surface area contributed by atoms with Crippen LogP contribution in [0.3, 0.4) is 0 Å². The van der Waals surface area contributed by atoms with Gasteiger partial charge in [-0.15, -0.1) is 0 Å². The Morgan fingerprint density at radius 3 is 2.14 bits per heavy atom. The molecule has 0 aliphatic rings. The molecule has 0 bridgehead atoms. The minimum Gasteiger partial charge on any atom is -0.328 e. The van der Waals surface area contributed by atoms with Crippen LogP contribution in [0.2, 0.25) is 0 Å². The maximum atomic E-state index is 5.88. The van der Waals surface area contributed by atoms with Gasteiger partial charge in [-0.25, -0.2) is 0 Å². The second kappa shape index (κ2) is 9.51. The SMILES string of the molecule is CCCCCC(C)CCCC(N)CC. The van der Waals surface area contributed by atoms with Gasteiger partial charge in [0.1, 0.15) is 0 Å². The number of hydrogen-bond acceptors (Lipinski definition) is 1. The minimum absolute atomic E-state index is 0.442. The van der Waals surface area contributed by atoms with Crippen LogP contribution in [0.5, 0.6) is 0 Å². The third-order valence-electron chi connectivity index (χ3n) is 3.10. The molecule has 0 aliphatic heterocycles. The van der Waals surface area contributed by atoms with Crippen molar-refractivity contribution in [3.63, 3.8) is 0 Å². The van der Waals surface area contributed by atoms with Crippen LogP contribution in [0.1, 0.15) is 72.1 Å². The van der Waals surface area contributed by atoms with Crippen LogP contribution in [0.4, 0.5) is 0 Å². The van der Waals surface area contributed by atoms with E-state index in [1.165, 1.54) is 44.9 Å². The lowest BCUT2D eigenvalue weighted by Crippen LogP contribution is -2.18. The predicted molar refractivity (Wildman–Crippen MR) is 65.4 cm³/mol. The second-order valence-corrected chi connectivity index (χ2v) is 4.70. The lowest BCUT2D eigenvalue weighted by molar-refractivity contribution is 0.427. The van der Waals surface area contributed by atoms with Gasteiger partial charge in [0, 0.05) is 6.04 Å². The molecular formula is C13H29N. The van der Waals surface area contributed by atoms with Crippen LogP contribution in [-0.4, -0.2) is 6.04 Å². The molecule has 0 saturated carbocycles. The van der Waals surface area contributed by atoms with Crippen molar-refractivity contribution in [1.82, 2.24) is 0 Å². The molecule has 86 valence electrons. The Bertz CT molecular complexity index is 112. The topological polar surface area (TPSA) is 26.0 Å². The average molecular weight is 199 g/mol. The Morgan fingerprint density at radius 1 is 0.929 bits per heavy atom. The van der Waals surface area contributed by atoms with Gasteiger partial charge in [0.25, 0.3) is 0 Å². The van der Waals surface area contributed by atoms with Gasteiger partial charge in [0.05, 0.1) is 0 Å². The molecule has 0 aromatic rings. The highest BCUT2D eigenvalue weighted by Crippen LogP contribution is 2.16. The summed E-state index contributed by atoms with van der Waals surface area (Å²) in [4.78, 5) is 0. The molecule has 0 spiro atoms.